The summed E-state index contributed by atoms with van der Waals surface area (Å²) in [7, 11) is 0. The van der Waals surface area contributed by atoms with Crippen molar-refractivity contribution >= 4 is 29.9 Å². The first kappa shape index (κ1) is 27.4. The standard InChI is InChI=1S/C24H44N6O.HI/c1-6-25-24(30-14-11-22(17-30)16-28(7-2)8-3)26-15-21-9-12-29(13-10-21)18-23-27-19(4)20(5)31-23;/h21-22H,6-18H2,1-5H3,(H,25,26);1H. The van der Waals surface area contributed by atoms with E-state index in [1.807, 2.05) is 13.8 Å². The number of nitrogens with zero attached hydrogens (tertiary/aromatic N) is 5. The van der Waals surface area contributed by atoms with Gasteiger partial charge in [0.2, 0.25) is 5.89 Å². The number of guanidine groups is 1. The Morgan fingerprint density at radius 1 is 1.09 bits per heavy atom. The van der Waals surface area contributed by atoms with Crippen LogP contribution >= 0.6 is 24.0 Å². The molecular weight excluding hydrogens is 515 g/mol. The summed E-state index contributed by atoms with van der Waals surface area (Å²) in [5, 5.41) is 3.55. The van der Waals surface area contributed by atoms with Gasteiger partial charge in [0.25, 0.3) is 0 Å². The number of aliphatic imine (C=N–C) groups is 1. The van der Waals surface area contributed by atoms with Crippen LogP contribution in [-0.4, -0.2) is 84.5 Å². The predicted molar refractivity (Wildman–Crippen MR) is 143 cm³/mol. The molecule has 1 N–H and O–H groups in total. The van der Waals surface area contributed by atoms with Crippen molar-refractivity contribution in [3.05, 3.63) is 17.3 Å². The molecule has 8 heteroatoms. The molecule has 0 aromatic carbocycles. The molecule has 0 radical (unpaired) electrons. The third-order valence-corrected chi connectivity index (χ3v) is 6.97. The minimum absolute atomic E-state index is 0. The molecule has 0 amide bonds. The Hall–Kier alpha value is -0.870. The molecule has 1 aromatic heterocycles. The van der Waals surface area contributed by atoms with Gasteiger partial charge < -0.3 is 19.5 Å². The highest BCUT2D eigenvalue weighted by atomic mass is 127. The van der Waals surface area contributed by atoms with Gasteiger partial charge in [-0.15, -0.1) is 24.0 Å². The van der Waals surface area contributed by atoms with E-state index in [9.17, 15) is 0 Å². The van der Waals surface area contributed by atoms with Gasteiger partial charge in [0, 0.05) is 32.7 Å². The Morgan fingerprint density at radius 3 is 2.38 bits per heavy atom. The first-order valence-electron chi connectivity index (χ1n) is 12.4. The molecule has 184 valence electrons. The number of likely N-dealkylation sites (tertiary alicyclic amines) is 2. The summed E-state index contributed by atoms with van der Waals surface area (Å²) in [6.45, 7) is 21.4. The number of oxazole rings is 1. The molecule has 0 aliphatic carbocycles. The lowest BCUT2D eigenvalue weighted by atomic mass is 9.97. The molecular formula is C24H45IN6O. The summed E-state index contributed by atoms with van der Waals surface area (Å²) in [4.78, 5) is 17.1. The summed E-state index contributed by atoms with van der Waals surface area (Å²) in [5.41, 5.74) is 1.01. The van der Waals surface area contributed by atoms with Crippen molar-refractivity contribution in [2.24, 2.45) is 16.8 Å². The molecule has 2 saturated heterocycles. The maximum Gasteiger partial charge on any atom is 0.208 e. The van der Waals surface area contributed by atoms with E-state index in [0.717, 1.165) is 88.1 Å². The van der Waals surface area contributed by atoms with Gasteiger partial charge in [-0.2, -0.15) is 0 Å². The molecule has 0 saturated carbocycles. The zero-order valence-electron chi connectivity index (χ0n) is 20.9. The Kier molecular flexibility index (Phi) is 11.8. The highest BCUT2D eigenvalue weighted by Gasteiger charge is 2.26. The van der Waals surface area contributed by atoms with Crippen molar-refractivity contribution in [2.45, 2.75) is 60.4 Å². The second kappa shape index (κ2) is 13.7. The van der Waals surface area contributed by atoms with Crippen LogP contribution in [0, 0.1) is 25.7 Å². The number of hydrogen-bond acceptors (Lipinski definition) is 5. The quantitative estimate of drug-likeness (QED) is 0.282. The summed E-state index contributed by atoms with van der Waals surface area (Å²) in [6, 6.07) is 0. The molecule has 1 atom stereocenters. The van der Waals surface area contributed by atoms with Crippen LogP contribution in [0.4, 0.5) is 0 Å². The Labute approximate surface area is 212 Å². The number of halogens is 1. The lowest BCUT2D eigenvalue weighted by Crippen LogP contribution is -2.41. The van der Waals surface area contributed by atoms with Gasteiger partial charge in [0.1, 0.15) is 5.76 Å². The average molecular weight is 561 g/mol. The number of rotatable bonds is 9. The van der Waals surface area contributed by atoms with Crippen LogP contribution in [0.2, 0.25) is 0 Å². The van der Waals surface area contributed by atoms with Crippen molar-refractivity contribution in [1.29, 1.82) is 0 Å². The van der Waals surface area contributed by atoms with Crippen LogP contribution in [0.25, 0.3) is 0 Å². The smallest absolute Gasteiger partial charge is 0.208 e. The third-order valence-electron chi connectivity index (χ3n) is 6.97. The molecule has 0 bridgehead atoms. The van der Waals surface area contributed by atoms with Crippen molar-refractivity contribution in [1.82, 2.24) is 25.0 Å². The van der Waals surface area contributed by atoms with Crippen molar-refractivity contribution in [2.75, 3.05) is 58.9 Å². The largest absolute Gasteiger partial charge is 0.444 e. The monoisotopic (exact) mass is 560 g/mol. The summed E-state index contributed by atoms with van der Waals surface area (Å²) in [6.07, 6.45) is 3.68. The second-order valence-electron chi connectivity index (χ2n) is 9.25. The van der Waals surface area contributed by atoms with Crippen LogP contribution in [0.15, 0.2) is 9.41 Å². The second-order valence-corrected chi connectivity index (χ2v) is 9.25. The topological polar surface area (TPSA) is 60.1 Å². The fraction of sp³-hybridized carbons (Fsp3) is 0.833. The van der Waals surface area contributed by atoms with E-state index in [0.29, 0.717) is 5.92 Å². The Morgan fingerprint density at radius 2 is 1.78 bits per heavy atom. The normalized spacial score (nSPS) is 20.8. The number of nitrogens with one attached hydrogen (secondary N) is 1. The lowest BCUT2D eigenvalue weighted by Gasteiger charge is -2.30. The fourth-order valence-corrected chi connectivity index (χ4v) is 4.79. The maximum absolute atomic E-state index is 5.76. The SMILES string of the molecule is CCNC(=NCC1CCN(Cc2nc(C)c(C)o2)CC1)N1CCC(CN(CC)CC)C1.I. The van der Waals surface area contributed by atoms with Crippen LogP contribution in [0.1, 0.15) is 57.4 Å². The maximum atomic E-state index is 5.76. The number of hydrogen-bond donors (Lipinski definition) is 1. The van der Waals surface area contributed by atoms with Crippen LogP contribution < -0.4 is 5.32 Å². The van der Waals surface area contributed by atoms with E-state index in [1.54, 1.807) is 0 Å². The van der Waals surface area contributed by atoms with Crippen LogP contribution in [0.3, 0.4) is 0 Å². The van der Waals surface area contributed by atoms with Crippen molar-refractivity contribution in [3.8, 4) is 0 Å². The molecule has 3 rings (SSSR count). The van der Waals surface area contributed by atoms with E-state index in [-0.39, 0.29) is 24.0 Å². The molecule has 7 nitrogen and oxygen atoms in total. The van der Waals surface area contributed by atoms with Gasteiger partial charge in [0.05, 0.1) is 12.2 Å². The first-order chi connectivity index (χ1) is 15.0. The molecule has 32 heavy (non-hydrogen) atoms. The molecule has 2 aliphatic heterocycles. The average Bonchev–Trinajstić information content (AvgIpc) is 3.36. The lowest BCUT2D eigenvalue weighted by molar-refractivity contribution is 0.166. The highest BCUT2D eigenvalue weighted by molar-refractivity contribution is 14.0. The van der Waals surface area contributed by atoms with E-state index < -0.39 is 0 Å². The molecule has 3 heterocycles. The number of piperidine rings is 1. The van der Waals surface area contributed by atoms with Crippen LogP contribution in [-0.2, 0) is 6.54 Å². The third kappa shape index (κ3) is 7.87. The predicted octanol–water partition coefficient (Wildman–Crippen LogP) is 3.75. The van der Waals surface area contributed by atoms with E-state index in [4.69, 9.17) is 9.41 Å². The molecule has 2 fully saturated rings. The highest BCUT2D eigenvalue weighted by Crippen LogP contribution is 2.21. The van der Waals surface area contributed by atoms with Crippen molar-refractivity contribution < 1.29 is 4.42 Å². The molecule has 2 aliphatic rings. The van der Waals surface area contributed by atoms with Crippen molar-refractivity contribution in [3.63, 3.8) is 0 Å². The summed E-state index contributed by atoms with van der Waals surface area (Å²) in [5.74, 6) is 4.35. The minimum Gasteiger partial charge on any atom is -0.444 e. The van der Waals surface area contributed by atoms with Gasteiger partial charge in [-0.3, -0.25) is 9.89 Å². The van der Waals surface area contributed by atoms with Gasteiger partial charge >= 0.3 is 0 Å². The molecule has 1 aromatic rings. The zero-order valence-corrected chi connectivity index (χ0v) is 23.2. The van der Waals surface area contributed by atoms with Gasteiger partial charge in [-0.05, 0) is 78.0 Å². The van der Waals surface area contributed by atoms with Gasteiger partial charge in [0.15, 0.2) is 5.96 Å². The zero-order chi connectivity index (χ0) is 22.2. The Balaban J connectivity index is 0.00000363. The summed E-state index contributed by atoms with van der Waals surface area (Å²) >= 11 is 0. The van der Waals surface area contributed by atoms with Crippen LogP contribution in [0.5, 0.6) is 0 Å². The van der Waals surface area contributed by atoms with E-state index >= 15 is 0 Å². The fourth-order valence-electron chi connectivity index (χ4n) is 4.79. The minimum atomic E-state index is 0. The van der Waals surface area contributed by atoms with E-state index in [2.05, 4.69) is 45.8 Å². The Bertz CT molecular complexity index is 677. The number of aryl methyl sites for hydroxylation is 2. The first-order valence-corrected chi connectivity index (χ1v) is 12.4. The summed E-state index contributed by atoms with van der Waals surface area (Å²) < 4.78 is 5.76. The molecule has 1 unspecified atom stereocenters. The molecule has 0 spiro atoms. The van der Waals surface area contributed by atoms with Gasteiger partial charge in [-0.1, -0.05) is 13.8 Å². The van der Waals surface area contributed by atoms with E-state index in [1.165, 1.54) is 25.8 Å². The van der Waals surface area contributed by atoms with Gasteiger partial charge in [-0.25, -0.2) is 4.98 Å². The number of aromatic nitrogens is 1.